The molecule has 0 spiro atoms. The molecule has 1 aliphatic rings. The van der Waals surface area contributed by atoms with Crippen LogP contribution in [0.4, 0.5) is 5.69 Å². The standard InChI is InChI=1S/C20H23ClN2O2/c1-15-6-5-7-17(14-15)25-16(2)20(24)23-12-10-22(11-13-23)19-9-4-3-8-18(19)21/h3-9,14,16H,10-13H2,1-2H3/t16-/m0/s1. The first kappa shape index (κ1) is 17.6. The molecule has 2 aromatic carbocycles. The minimum absolute atomic E-state index is 0.0281. The Labute approximate surface area is 154 Å². The summed E-state index contributed by atoms with van der Waals surface area (Å²) in [6, 6.07) is 15.6. The van der Waals surface area contributed by atoms with Crippen LogP contribution < -0.4 is 9.64 Å². The summed E-state index contributed by atoms with van der Waals surface area (Å²) in [7, 11) is 0. The number of benzene rings is 2. The molecule has 1 fully saturated rings. The van der Waals surface area contributed by atoms with Crippen LogP contribution in [0, 0.1) is 6.92 Å². The predicted octanol–water partition coefficient (Wildman–Crippen LogP) is 3.76. The van der Waals surface area contributed by atoms with E-state index in [1.54, 1.807) is 0 Å². The zero-order valence-electron chi connectivity index (χ0n) is 14.6. The van der Waals surface area contributed by atoms with Gasteiger partial charge in [0.1, 0.15) is 5.75 Å². The van der Waals surface area contributed by atoms with Crippen molar-refractivity contribution >= 4 is 23.2 Å². The number of piperazine rings is 1. The van der Waals surface area contributed by atoms with E-state index in [0.717, 1.165) is 35.1 Å². The maximum absolute atomic E-state index is 12.7. The normalized spacial score (nSPS) is 15.8. The number of anilines is 1. The molecule has 25 heavy (non-hydrogen) atoms. The van der Waals surface area contributed by atoms with E-state index < -0.39 is 6.10 Å². The number of para-hydroxylation sites is 1. The Bertz CT molecular complexity index is 742. The van der Waals surface area contributed by atoms with Crippen LogP contribution in [0.15, 0.2) is 48.5 Å². The van der Waals surface area contributed by atoms with Gasteiger partial charge in [-0.25, -0.2) is 0 Å². The summed E-state index contributed by atoms with van der Waals surface area (Å²) in [6.07, 6.45) is -0.492. The lowest BCUT2D eigenvalue weighted by Crippen LogP contribution is -2.52. The largest absolute Gasteiger partial charge is 0.481 e. The van der Waals surface area contributed by atoms with E-state index in [-0.39, 0.29) is 5.91 Å². The molecule has 2 aromatic rings. The lowest BCUT2D eigenvalue weighted by atomic mass is 10.2. The Morgan fingerprint density at radius 3 is 2.48 bits per heavy atom. The van der Waals surface area contributed by atoms with Crippen molar-refractivity contribution in [2.75, 3.05) is 31.1 Å². The number of rotatable bonds is 4. The fraction of sp³-hybridized carbons (Fsp3) is 0.350. The highest BCUT2D eigenvalue weighted by Gasteiger charge is 2.26. The van der Waals surface area contributed by atoms with Crippen molar-refractivity contribution in [1.29, 1.82) is 0 Å². The molecule has 1 atom stereocenters. The number of halogens is 1. The number of carbonyl (C=O) groups excluding carboxylic acids is 1. The molecule has 1 saturated heterocycles. The first-order valence-electron chi connectivity index (χ1n) is 8.56. The van der Waals surface area contributed by atoms with Gasteiger partial charge in [-0.15, -0.1) is 0 Å². The molecule has 1 aliphatic heterocycles. The van der Waals surface area contributed by atoms with Crippen LogP contribution in [0.2, 0.25) is 5.02 Å². The number of aryl methyl sites for hydroxylation is 1. The van der Waals surface area contributed by atoms with E-state index in [0.29, 0.717) is 13.1 Å². The minimum atomic E-state index is -0.492. The molecule has 0 N–H and O–H groups in total. The number of hydrogen-bond acceptors (Lipinski definition) is 3. The molecule has 0 bridgehead atoms. The van der Waals surface area contributed by atoms with Gasteiger partial charge in [-0.3, -0.25) is 4.79 Å². The third kappa shape index (κ3) is 4.26. The number of carbonyl (C=O) groups is 1. The minimum Gasteiger partial charge on any atom is -0.481 e. The summed E-state index contributed by atoms with van der Waals surface area (Å²) >= 11 is 6.27. The van der Waals surface area contributed by atoms with Gasteiger partial charge >= 0.3 is 0 Å². The molecule has 0 saturated carbocycles. The quantitative estimate of drug-likeness (QED) is 0.834. The van der Waals surface area contributed by atoms with Gasteiger partial charge in [-0.1, -0.05) is 35.9 Å². The summed E-state index contributed by atoms with van der Waals surface area (Å²) < 4.78 is 5.81. The van der Waals surface area contributed by atoms with Crippen molar-refractivity contribution < 1.29 is 9.53 Å². The van der Waals surface area contributed by atoms with E-state index in [4.69, 9.17) is 16.3 Å². The molecule has 0 radical (unpaired) electrons. The zero-order chi connectivity index (χ0) is 17.8. The molecule has 1 amide bonds. The summed E-state index contributed by atoms with van der Waals surface area (Å²) in [5, 5.41) is 0.749. The van der Waals surface area contributed by atoms with E-state index >= 15 is 0 Å². The molecule has 4 nitrogen and oxygen atoms in total. The molecule has 0 aliphatic carbocycles. The second kappa shape index (κ2) is 7.79. The van der Waals surface area contributed by atoms with Gasteiger partial charge in [0, 0.05) is 26.2 Å². The van der Waals surface area contributed by atoms with Crippen molar-refractivity contribution in [2.24, 2.45) is 0 Å². The van der Waals surface area contributed by atoms with Gasteiger partial charge < -0.3 is 14.5 Å². The van der Waals surface area contributed by atoms with Gasteiger partial charge in [-0.05, 0) is 43.7 Å². The second-order valence-corrected chi connectivity index (χ2v) is 6.75. The monoisotopic (exact) mass is 358 g/mol. The first-order chi connectivity index (χ1) is 12.0. The Balaban J connectivity index is 1.57. The summed E-state index contributed by atoms with van der Waals surface area (Å²) in [5.74, 6) is 0.760. The number of amides is 1. The Hall–Kier alpha value is -2.20. The fourth-order valence-electron chi connectivity index (χ4n) is 3.08. The topological polar surface area (TPSA) is 32.8 Å². The van der Waals surface area contributed by atoms with Crippen LogP contribution in [-0.4, -0.2) is 43.1 Å². The molecule has 3 rings (SSSR count). The summed E-state index contributed by atoms with van der Waals surface area (Å²) in [6.45, 7) is 6.70. The second-order valence-electron chi connectivity index (χ2n) is 6.34. The van der Waals surface area contributed by atoms with Gasteiger partial charge in [0.25, 0.3) is 5.91 Å². The van der Waals surface area contributed by atoms with E-state index in [9.17, 15) is 4.79 Å². The SMILES string of the molecule is Cc1cccc(O[C@@H](C)C(=O)N2CCN(c3ccccc3Cl)CC2)c1. The number of nitrogens with zero attached hydrogens (tertiary/aromatic N) is 2. The van der Waals surface area contributed by atoms with Crippen molar-refractivity contribution in [3.05, 3.63) is 59.1 Å². The van der Waals surface area contributed by atoms with Crippen molar-refractivity contribution in [1.82, 2.24) is 4.90 Å². The highest BCUT2D eigenvalue weighted by atomic mass is 35.5. The molecule has 5 heteroatoms. The average Bonchev–Trinajstić information content (AvgIpc) is 2.62. The van der Waals surface area contributed by atoms with Crippen molar-refractivity contribution in [2.45, 2.75) is 20.0 Å². The molecular formula is C20H23ClN2O2. The molecule has 132 valence electrons. The Kier molecular flexibility index (Phi) is 5.49. The van der Waals surface area contributed by atoms with Gasteiger partial charge in [-0.2, -0.15) is 0 Å². The van der Waals surface area contributed by atoms with Crippen LogP contribution in [0.1, 0.15) is 12.5 Å². The maximum Gasteiger partial charge on any atom is 0.263 e. The van der Waals surface area contributed by atoms with Crippen LogP contribution in [0.3, 0.4) is 0 Å². The average molecular weight is 359 g/mol. The maximum atomic E-state index is 12.7. The van der Waals surface area contributed by atoms with E-state index in [1.165, 1.54) is 0 Å². The summed E-state index contributed by atoms with van der Waals surface area (Å²) in [4.78, 5) is 16.7. The molecule has 0 unspecified atom stereocenters. The lowest BCUT2D eigenvalue weighted by molar-refractivity contribution is -0.138. The Morgan fingerprint density at radius 1 is 1.08 bits per heavy atom. The molecule has 0 aromatic heterocycles. The predicted molar refractivity (Wildman–Crippen MR) is 102 cm³/mol. The highest BCUT2D eigenvalue weighted by molar-refractivity contribution is 6.33. The van der Waals surface area contributed by atoms with Crippen LogP contribution in [-0.2, 0) is 4.79 Å². The molecule has 1 heterocycles. The Morgan fingerprint density at radius 2 is 1.80 bits per heavy atom. The highest BCUT2D eigenvalue weighted by Crippen LogP contribution is 2.26. The number of hydrogen-bond donors (Lipinski definition) is 0. The van der Waals surface area contributed by atoms with Crippen molar-refractivity contribution in [3.8, 4) is 5.75 Å². The van der Waals surface area contributed by atoms with E-state index in [1.807, 2.05) is 67.3 Å². The lowest BCUT2D eigenvalue weighted by Gasteiger charge is -2.37. The third-order valence-corrected chi connectivity index (χ3v) is 4.75. The zero-order valence-corrected chi connectivity index (χ0v) is 15.4. The summed E-state index contributed by atoms with van der Waals surface area (Å²) in [5.41, 5.74) is 2.14. The van der Waals surface area contributed by atoms with Gasteiger partial charge in [0.2, 0.25) is 0 Å². The van der Waals surface area contributed by atoms with Gasteiger partial charge in [0.15, 0.2) is 6.10 Å². The fourth-order valence-corrected chi connectivity index (χ4v) is 3.33. The van der Waals surface area contributed by atoms with Crippen LogP contribution >= 0.6 is 11.6 Å². The van der Waals surface area contributed by atoms with Gasteiger partial charge in [0.05, 0.1) is 10.7 Å². The smallest absolute Gasteiger partial charge is 0.263 e. The third-order valence-electron chi connectivity index (χ3n) is 4.43. The van der Waals surface area contributed by atoms with E-state index in [2.05, 4.69) is 4.90 Å². The van der Waals surface area contributed by atoms with Crippen LogP contribution in [0.5, 0.6) is 5.75 Å². The number of ether oxygens (including phenoxy) is 1. The first-order valence-corrected chi connectivity index (χ1v) is 8.94. The van der Waals surface area contributed by atoms with Crippen molar-refractivity contribution in [3.63, 3.8) is 0 Å². The van der Waals surface area contributed by atoms with Crippen LogP contribution in [0.25, 0.3) is 0 Å². The molecular weight excluding hydrogens is 336 g/mol.